The minimum Gasteiger partial charge on any atom is -0.352 e. The molecule has 2 heterocycles. The maximum atomic E-state index is 13.4. The summed E-state index contributed by atoms with van der Waals surface area (Å²) in [6.07, 6.45) is 5.19. The molecule has 1 amide bonds. The zero-order valence-electron chi connectivity index (χ0n) is 17.0. The number of benzene rings is 2. The second-order valence-corrected chi connectivity index (χ2v) is 7.77. The van der Waals surface area contributed by atoms with Gasteiger partial charge in [0.1, 0.15) is 5.82 Å². The molecule has 30 heavy (non-hydrogen) atoms. The van der Waals surface area contributed by atoms with E-state index in [-0.39, 0.29) is 17.6 Å². The molecule has 1 saturated heterocycles. The molecule has 0 saturated carbocycles. The number of carbonyl (C=O) groups is 1. The molecule has 1 aliphatic rings. The molecule has 1 aliphatic heterocycles. The van der Waals surface area contributed by atoms with Crippen LogP contribution in [0.15, 0.2) is 60.9 Å². The summed E-state index contributed by atoms with van der Waals surface area (Å²) in [5, 5.41) is 3.05. The summed E-state index contributed by atoms with van der Waals surface area (Å²) in [6, 6.07) is 14.6. The van der Waals surface area contributed by atoms with E-state index in [0.29, 0.717) is 19.0 Å². The molecule has 1 atom stereocenters. The number of amides is 1. The van der Waals surface area contributed by atoms with Gasteiger partial charge in [-0.1, -0.05) is 42.0 Å². The standard InChI is InChI=1S/C24H25FN4O/c1-17-7-9-18(10-8-17)13-26-23(30)20-5-3-11-29(16-20)24-27-14-21(15-28-24)19-4-2-6-22(25)12-19/h2,4,6-10,12,14-15,20H,3,5,11,13,16H2,1H3,(H,26,30). The van der Waals surface area contributed by atoms with Gasteiger partial charge in [0.15, 0.2) is 0 Å². The van der Waals surface area contributed by atoms with Gasteiger partial charge in [0.25, 0.3) is 0 Å². The topological polar surface area (TPSA) is 58.1 Å². The Morgan fingerprint density at radius 3 is 2.63 bits per heavy atom. The lowest BCUT2D eigenvalue weighted by Crippen LogP contribution is -2.43. The number of aromatic nitrogens is 2. The maximum absolute atomic E-state index is 13.4. The molecule has 2 aromatic carbocycles. The lowest BCUT2D eigenvalue weighted by Gasteiger charge is -2.32. The van der Waals surface area contributed by atoms with Gasteiger partial charge in [0, 0.05) is 37.6 Å². The number of carbonyl (C=O) groups excluding carboxylic acids is 1. The van der Waals surface area contributed by atoms with Gasteiger partial charge < -0.3 is 10.2 Å². The molecule has 5 nitrogen and oxygen atoms in total. The van der Waals surface area contributed by atoms with Crippen molar-refractivity contribution in [2.24, 2.45) is 5.92 Å². The van der Waals surface area contributed by atoms with Crippen LogP contribution in [0.25, 0.3) is 11.1 Å². The van der Waals surface area contributed by atoms with Gasteiger partial charge in [-0.15, -0.1) is 0 Å². The largest absolute Gasteiger partial charge is 0.352 e. The van der Waals surface area contributed by atoms with Crippen LogP contribution >= 0.6 is 0 Å². The third-order valence-corrected chi connectivity index (χ3v) is 5.46. The third kappa shape index (κ3) is 4.82. The van der Waals surface area contributed by atoms with Gasteiger partial charge in [-0.3, -0.25) is 4.79 Å². The van der Waals surface area contributed by atoms with Gasteiger partial charge in [0.05, 0.1) is 5.92 Å². The third-order valence-electron chi connectivity index (χ3n) is 5.46. The second kappa shape index (κ2) is 9.03. The molecule has 3 aromatic rings. The van der Waals surface area contributed by atoms with Crippen molar-refractivity contribution in [1.29, 1.82) is 0 Å². The zero-order chi connectivity index (χ0) is 20.9. The van der Waals surface area contributed by atoms with E-state index in [1.807, 2.05) is 25.1 Å². The molecule has 0 bridgehead atoms. The first-order chi connectivity index (χ1) is 14.6. The number of aryl methyl sites for hydroxylation is 1. The molecule has 0 spiro atoms. The molecule has 154 valence electrons. The monoisotopic (exact) mass is 404 g/mol. The summed E-state index contributed by atoms with van der Waals surface area (Å²) >= 11 is 0. The summed E-state index contributed by atoms with van der Waals surface area (Å²) in [4.78, 5) is 23.7. The normalized spacial score (nSPS) is 16.3. The first kappa shape index (κ1) is 20.0. The Kier molecular flexibility index (Phi) is 6.02. The number of nitrogens with one attached hydrogen (secondary N) is 1. The maximum Gasteiger partial charge on any atom is 0.225 e. The lowest BCUT2D eigenvalue weighted by atomic mass is 9.97. The molecule has 6 heteroatoms. The number of hydrogen-bond donors (Lipinski definition) is 1. The van der Waals surface area contributed by atoms with Gasteiger partial charge in [0.2, 0.25) is 11.9 Å². The molecule has 1 unspecified atom stereocenters. The number of anilines is 1. The van der Waals surface area contributed by atoms with Crippen molar-refractivity contribution in [3.8, 4) is 11.1 Å². The van der Waals surface area contributed by atoms with E-state index >= 15 is 0 Å². The fourth-order valence-electron chi connectivity index (χ4n) is 3.71. The van der Waals surface area contributed by atoms with E-state index in [9.17, 15) is 9.18 Å². The highest BCUT2D eigenvalue weighted by Crippen LogP contribution is 2.23. The Labute approximate surface area is 176 Å². The minimum atomic E-state index is -0.285. The van der Waals surface area contributed by atoms with Crippen LogP contribution < -0.4 is 10.2 Å². The van der Waals surface area contributed by atoms with Crippen LogP contribution in [0.4, 0.5) is 10.3 Å². The quantitative estimate of drug-likeness (QED) is 0.695. The van der Waals surface area contributed by atoms with Gasteiger partial charge in [-0.25, -0.2) is 14.4 Å². The molecule has 1 aromatic heterocycles. The first-order valence-electron chi connectivity index (χ1n) is 10.2. The smallest absolute Gasteiger partial charge is 0.225 e. The van der Waals surface area contributed by atoms with E-state index in [2.05, 4.69) is 32.3 Å². The Bertz CT molecular complexity index is 1000. The van der Waals surface area contributed by atoms with Crippen molar-refractivity contribution >= 4 is 11.9 Å². The van der Waals surface area contributed by atoms with Crippen LogP contribution in [-0.4, -0.2) is 29.0 Å². The van der Waals surface area contributed by atoms with Gasteiger partial charge in [-0.05, 0) is 43.0 Å². The van der Waals surface area contributed by atoms with Crippen LogP contribution in [0.5, 0.6) is 0 Å². The summed E-state index contributed by atoms with van der Waals surface area (Å²) in [5.41, 5.74) is 3.81. The van der Waals surface area contributed by atoms with Gasteiger partial charge in [-0.2, -0.15) is 0 Å². The summed E-state index contributed by atoms with van der Waals surface area (Å²) < 4.78 is 13.4. The average molecular weight is 404 g/mol. The number of piperidine rings is 1. The molecule has 1 fully saturated rings. The number of rotatable bonds is 5. The van der Waals surface area contributed by atoms with Crippen molar-refractivity contribution in [3.05, 3.63) is 77.9 Å². The molecule has 4 rings (SSSR count). The predicted octanol–water partition coefficient (Wildman–Crippen LogP) is 4.12. The molecule has 0 aliphatic carbocycles. The van der Waals surface area contributed by atoms with E-state index < -0.39 is 0 Å². The SMILES string of the molecule is Cc1ccc(CNC(=O)C2CCCN(c3ncc(-c4cccc(F)c4)cn3)C2)cc1. The van der Waals surface area contributed by atoms with Crippen LogP contribution in [-0.2, 0) is 11.3 Å². The molecular weight excluding hydrogens is 379 g/mol. The van der Waals surface area contributed by atoms with E-state index in [1.165, 1.54) is 17.7 Å². The van der Waals surface area contributed by atoms with Crippen molar-refractivity contribution in [3.63, 3.8) is 0 Å². The van der Waals surface area contributed by atoms with Crippen LogP contribution in [0.1, 0.15) is 24.0 Å². The van der Waals surface area contributed by atoms with Crippen molar-refractivity contribution in [1.82, 2.24) is 15.3 Å². The van der Waals surface area contributed by atoms with Crippen LogP contribution in [0.2, 0.25) is 0 Å². The van der Waals surface area contributed by atoms with Crippen molar-refractivity contribution in [2.75, 3.05) is 18.0 Å². The number of nitrogens with zero attached hydrogens (tertiary/aromatic N) is 3. The highest BCUT2D eigenvalue weighted by atomic mass is 19.1. The Morgan fingerprint density at radius 1 is 1.13 bits per heavy atom. The highest BCUT2D eigenvalue weighted by Gasteiger charge is 2.27. The van der Waals surface area contributed by atoms with Gasteiger partial charge >= 0.3 is 0 Å². The van der Waals surface area contributed by atoms with E-state index in [1.54, 1.807) is 18.5 Å². The van der Waals surface area contributed by atoms with Crippen LogP contribution in [0.3, 0.4) is 0 Å². The summed E-state index contributed by atoms with van der Waals surface area (Å²) in [5.74, 6) is 0.297. The Hall–Kier alpha value is -3.28. The number of halogens is 1. The number of hydrogen-bond acceptors (Lipinski definition) is 4. The molecular formula is C24H25FN4O. The van der Waals surface area contributed by atoms with E-state index in [0.717, 1.165) is 36.1 Å². The van der Waals surface area contributed by atoms with E-state index in [4.69, 9.17) is 0 Å². The van der Waals surface area contributed by atoms with Crippen molar-refractivity contribution in [2.45, 2.75) is 26.3 Å². The first-order valence-corrected chi connectivity index (χ1v) is 10.2. The fourth-order valence-corrected chi connectivity index (χ4v) is 3.71. The fraction of sp³-hybridized carbons (Fsp3) is 0.292. The minimum absolute atomic E-state index is 0.0663. The average Bonchev–Trinajstić information content (AvgIpc) is 2.79. The Balaban J connectivity index is 1.37. The lowest BCUT2D eigenvalue weighted by molar-refractivity contribution is -0.125. The molecule has 1 N–H and O–H groups in total. The molecule has 0 radical (unpaired) electrons. The highest BCUT2D eigenvalue weighted by molar-refractivity contribution is 5.79. The van der Waals surface area contributed by atoms with Crippen LogP contribution in [0, 0.1) is 18.7 Å². The predicted molar refractivity (Wildman–Crippen MR) is 115 cm³/mol. The summed E-state index contributed by atoms with van der Waals surface area (Å²) in [7, 11) is 0. The second-order valence-electron chi connectivity index (χ2n) is 7.77. The Morgan fingerprint density at radius 2 is 1.90 bits per heavy atom. The zero-order valence-corrected chi connectivity index (χ0v) is 17.0. The summed E-state index contributed by atoms with van der Waals surface area (Å²) in [6.45, 7) is 4.00. The van der Waals surface area contributed by atoms with Crippen molar-refractivity contribution < 1.29 is 9.18 Å².